The summed E-state index contributed by atoms with van der Waals surface area (Å²) in [6, 6.07) is 11.0. The normalized spacial score (nSPS) is 10.1. The first kappa shape index (κ1) is 16.1. The molecule has 22 heavy (non-hydrogen) atoms. The fourth-order valence-corrected chi connectivity index (χ4v) is 2.13. The minimum absolute atomic E-state index is 0.0299. The van der Waals surface area contributed by atoms with Gasteiger partial charge in [0.05, 0.1) is 24.4 Å². The van der Waals surface area contributed by atoms with Crippen molar-refractivity contribution in [2.75, 3.05) is 19.0 Å². The van der Waals surface area contributed by atoms with Crippen LogP contribution in [0.2, 0.25) is 5.02 Å². The minimum atomic E-state index is -0.0299. The predicted molar refractivity (Wildman–Crippen MR) is 87.2 cm³/mol. The molecule has 0 bridgehead atoms. The number of methoxy groups -OCH3 is 1. The number of carbonyl (C=O) groups excluding carboxylic acids is 1. The summed E-state index contributed by atoms with van der Waals surface area (Å²) in [5, 5.41) is 6.51. The Morgan fingerprint density at radius 3 is 2.86 bits per heavy atom. The Balaban J connectivity index is 1.72. The third-order valence-corrected chi connectivity index (χ3v) is 3.32. The van der Waals surface area contributed by atoms with E-state index in [4.69, 9.17) is 16.3 Å². The molecule has 1 aromatic heterocycles. The van der Waals surface area contributed by atoms with Gasteiger partial charge in [-0.15, -0.1) is 0 Å². The highest BCUT2D eigenvalue weighted by Crippen LogP contribution is 2.27. The number of benzene rings is 1. The van der Waals surface area contributed by atoms with Crippen molar-refractivity contribution in [3.8, 4) is 5.75 Å². The molecule has 0 spiro atoms. The zero-order valence-electron chi connectivity index (χ0n) is 12.3. The minimum Gasteiger partial charge on any atom is -0.495 e. The molecule has 0 aliphatic carbocycles. The average molecular weight is 320 g/mol. The number of carbonyl (C=O) groups is 1. The first-order valence-corrected chi connectivity index (χ1v) is 7.31. The van der Waals surface area contributed by atoms with Gasteiger partial charge < -0.3 is 15.4 Å². The third-order valence-electron chi connectivity index (χ3n) is 3.03. The molecule has 0 aliphatic rings. The Morgan fingerprint density at radius 2 is 2.18 bits per heavy atom. The van der Waals surface area contributed by atoms with Crippen molar-refractivity contribution in [3.63, 3.8) is 0 Å². The van der Waals surface area contributed by atoms with Crippen molar-refractivity contribution in [2.45, 2.75) is 13.0 Å². The van der Waals surface area contributed by atoms with Crippen LogP contribution in [0.1, 0.15) is 12.1 Å². The molecule has 0 saturated heterocycles. The molecule has 6 heteroatoms. The summed E-state index contributed by atoms with van der Waals surface area (Å²) in [6.45, 7) is 0.963. The molecule has 1 heterocycles. The van der Waals surface area contributed by atoms with E-state index in [2.05, 4.69) is 15.6 Å². The Morgan fingerprint density at radius 1 is 1.32 bits per heavy atom. The van der Waals surface area contributed by atoms with Gasteiger partial charge >= 0.3 is 0 Å². The van der Waals surface area contributed by atoms with Gasteiger partial charge in [0.15, 0.2) is 0 Å². The van der Waals surface area contributed by atoms with E-state index in [-0.39, 0.29) is 5.91 Å². The summed E-state index contributed by atoms with van der Waals surface area (Å²) >= 11 is 6.04. The van der Waals surface area contributed by atoms with Crippen LogP contribution < -0.4 is 15.4 Å². The van der Waals surface area contributed by atoms with Gasteiger partial charge in [0, 0.05) is 24.8 Å². The van der Waals surface area contributed by atoms with Crippen molar-refractivity contribution in [2.24, 2.45) is 0 Å². The number of amides is 1. The Hall–Kier alpha value is -2.27. The van der Waals surface area contributed by atoms with Crippen molar-refractivity contribution in [1.82, 2.24) is 10.3 Å². The molecule has 0 saturated carbocycles. The van der Waals surface area contributed by atoms with Crippen LogP contribution in [0.5, 0.6) is 5.75 Å². The van der Waals surface area contributed by atoms with E-state index in [9.17, 15) is 4.79 Å². The number of pyridine rings is 1. The molecule has 0 fully saturated rings. The lowest BCUT2D eigenvalue weighted by molar-refractivity contribution is -0.121. The molecule has 0 unspecified atom stereocenters. The summed E-state index contributed by atoms with van der Waals surface area (Å²) in [6.07, 6.45) is 2.08. The van der Waals surface area contributed by atoms with Crippen molar-refractivity contribution in [3.05, 3.63) is 53.3 Å². The number of hydrogen-bond acceptors (Lipinski definition) is 4. The van der Waals surface area contributed by atoms with Gasteiger partial charge in [-0.05, 0) is 30.3 Å². The first-order valence-electron chi connectivity index (χ1n) is 6.93. The monoisotopic (exact) mass is 319 g/mol. The molecule has 0 atom stereocenters. The van der Waals surface area contributed by atoms with Crippen LogP contribution in [-0.2, 0) is 11.3 Å². The Labute approximate surface area is 134 Å². The van der Waals surface area contributed by atoms with Crippen LogP contribution in [0, 0.1) is 0 Å². The van der Waals surface area contributed by atoms with Gasteiger partial charge in [0.2, 0.25) is 5.91 Å². The molecule has 2 N–H and O–H groups in total. The zero-order valence-corrected chi connectivity index (χ0v) is 13.1. The number of aromatic nitrogens is 1. The zero-order chi connectivity index (χ0) is 15.8. The molecule has 2 aromatic rings. The summed E-state index contributed by atoms with van der Waals surface area (Å²) in [7, 11) is 1.57. The average Bonchev–Trinajstić information content (AvgIpc) is 2.54. The van der Waals surface area contributed by atoms with Crippen molar-refractivity contribution >= 4 is 23.2 Å². The SMILES string of the molecule is COc1ccc(NCCC(=O)NCc2ccccn2)cc1Cl. The van der Waals surface area contributed by atoms with E-state index in [1.807, 2.05) is 24.3 Å². The van der Waals surface area contributed by atoms with E-state index < -0.39 is 0 Å². The number of halogens is 1. The topological polar surface area (TPSA) is 63.2 Å². The maximum atomic E-state index is 11.7. The van der Waals surface area contributed by atoms with Crippen molar-refractivity contribution < 1.29 is 9.53 Å². The first-order chi connectivity index (χ1) is 10.7. The lowest BCUT2D eigenvalue weighted by atomic mass is 10.3. The number of hydrogen-bond donors (Lipinski definition) is 2. The second kappa shape index (κ2) is 8.24. The van der Waals surface area contributed by atoms with Crippen LogP contribution in [0.4, 0.5) is 5.69 Å². The van der Waals surface area contributed by atoms with Crippen LogP contribution >= 0.6 is 11.6 Å². The van der Waals surface area contributed by atoms with Gasteiger partial charge in [-0.2, -0.15) is 0 Å². The van der Waals surface area contributed by atoms with E-state index >= 15 is 0 Å². The number of ether oxygens (including phenoxy) is 1. The summed E-state index contributed by atoms with van der Waals surface area (Å²) in [4.78, 5) is 15.9. The number of nitrogens with zero attached hydrogens (tertiary/aromatic N) is 1. The molecule has 0 radical (unpaired) electrons. The molecule has 1 aromatic carbocycles. The quantitative estimate of drug-likeness (QED) is 0.823. The predicted octanol–water partition coefficient (Wildman–Crippen LogP) is 2.86. The largest absolute Gasteiger partial charge is 0.495 e. The maximum absolute atomic E-state index is 11.7. The van der Waals surface area contributed by atoms with E-state index in [1.165, 1.54) is 0 Å². The van der Waals surface area contributed by atoms with Crippen LogP contribution in [0.25, 0.3) is 0 Å². The van der Waals surface area contributed by atoms with Gasteiger partial charge in [0.25, 0.3) is 0 Å². The second-order valence-electron chi connectivity index (χ2n) is 4.62. The molecule has 2 rings (SSSR count). The van der Waals surface area contributed by atoms with Crippen molar-refractivity contribution in [1.29, 1.82) is 0 Å². The Kier molecular flexibility index (Phi) is 6.03. The number of rotatable bonds is 7. The number of nitrogens with one attached hydrogen (secondary N) is 2. The van der Waals surface area contributed by atoms with Gasteiger partial charge in [0.1, 0.15) is 5.75 Å². The van der Waals surface area contributed by atoms with Crippen LogP contribution in [0.15, 0.2) is 42.6 Å². The standard InChI is InChI=1S/C16H18ClN3O2/c1-22-15-6-5-12(10-14(15)17)19-9-7-16(21)20-11-13-4-2-3-8-18-13/h2-6,8,10,19H,7,9,11H2,1H3,(H,20,21). The van der Waals surface area contributed by atoms with E-state index in [0.717, 1.165) is 11.4 Å². The van der Waals surface area contributed by atoms with Gasteiger partial charge in [-0.1, -0.05) is 17.7 Å². The highest BCUT2D eigenvalue weighted by molar-refractivity contribution is 6.32. The summed E-state index contributed by atoms with van der Waals surface area (Å²) in [5.41, 5.74) is 1.69. The number of anilines is 1. The summed E-state index contributed by atoms with van der Waals surface area (Å²) < 4.78 is 5.09. The molecule has 116 valence electrons. The fraction of sp³-hybridized carbons (Fsp3) is 0.250. The van der Waals surface area contributed by atoms with E-state index in [0.29, 0.717) is 30.3 Å². The van der Waals surface area contributed by atoms with Crippen LogP contribution in [-0.4, -0.2) is 24.5 Å². The smallest absolute Gasteiger partial charge is 0.222 e. The highest BCUT2D eigenvalue weighted by atomic mass is 35.5. The van der Waals surface area contributed by atoms with Gasteiger partial charge in [-0.25, -0.2) is 0 Å². The molecule has 5 nitrogen and oxygen atoms in total. The third kappa shape index (κ3) is 4.93. The molecule has 0 aliphatic heterocycles. The fourth-order valence-electron chi connectivity index (χ4n) is 1.88. The lowest BCUT2D eigenvalue weighted by Gasteiger charge is -2.09. The highest BCUT2D eigenvalue weighted by Gasteiger charge is 2.04. The second-order valence-corrected chi connectivity index (χ2v) is 5.03. The van der Waals surface area contributed by atoms with E-state index in [1.54, 1.807) is 25.4 Å². The van der Waals surface area contributed by atoms with Gasteiger partial charge in [-0.3, -0.25) is 9.78 Å². The molecular weight excluding hydrogens is 302 g/mol. The lowest BCUT2D eigenvalue weighted by Crippen LogP contribution is -2.25. The Bertz CT molecular complexity index is 620. The maximum Gasteiger partial charge on any atom is 0.222 e. The molecular formula is C16H18ClN3O2. The summed E-state index contributed by atoms with van der Waals surface area (Å²) in [5.74, 6) is 0.595. The van der Waals surface area contributed by atoms with Crippen LogP contribution in [0.3, 0.4) is 0 Å². The molecule has 1 amide bonds.